The standard InChI is InChI=1S/C30H39N7O2S/c1-20-8-9-21-18-29(2,3)36(19-21)27-22(28(38)35-40-26-7-5-6-23(31-20)32-26)10-11-24(33-27)37-16-12-25(34-37)39-17-15-30(4)13-14-30/h5-7,10-12,16,20-21H,8-9,13-15,17-19H2,1-4H3,(H,31,32)(H,35,38). The summed E-state index contributed by atoms with van der Waals surface area (Å²) in [7, 11) is 0. The van der Waals surface area contributed by atoms with Crippen LogP contribution in [0.5, 0.6) is 5.88 Å². The molecule has 6 rings (SSSR count). The van der Waals surface area contributed by atoms with Crippen molar-refractivity contribution in [1.29, 1.82) is 0 Å². The third kappa shape index (κ3) is 5.92. The maximum atomic E-state index is 13.5. The fraction of sp³-hybridized carbons (Fsp3) is 0.533. The SMILES string of the molecule is CC1CCC2CN(c3nc(-n4ccc(OCCC5(C)CC5)n4)ccc3C(=O)NSc3cccc(n3)N1)C(C)(C)C2. The first-order valence-corrected chi connectivity index (χ1v) is 15.2. The Bertz CT molecular complexity index is 1390. The Kier molecular flexibility index (Phi) is 7.14. The number of carbonyl (C=O) groups excluding carboxylic acids is 1. The zero-order chi connectivity index (χ0) is 27.9. The summed E-state index contributed by atoms with van der Waals surface area (Å²) < 4.78 is 10.7. The number of fused-ring (bicyclic) bond motifs is 6. The zero-order valence-electron chi connectivity index (χ0n) is 23.8. The second-order valence-electron chi connectivity index (χ2n) is 12.6. The minimum atomic E-state index is -0.195. The van der Waals surface area contributed by atoms with E-state index in [-0.39, 0.29) is 11.4 Å². The van der Waals surface area contributed by atoms with E-state index in [1.165, 1.54) is 24.8 Å². The molecule has 9 nitrogen and oxygen atoms in total. The lowest BCUT2D eigenvalue weighted by Gasteiger charge is -2.34. The van der Waals surface area contributed by atoms with Gasteiger partial charge < -0.3 is 15.0 Å². The number of nitrogens with one attached hydrogen (secondary N) is 2. The van der Waals surface area contributed by atoms with Gasteiger partial charge in [-0.25, -0.2) is 14.6 Å². The fourth-order valence-electron chi connectivity index (χ4n) is 5.80. The quantitative estimate of drug-likeness (QED) is 0.374. The molecule has 1 saturated carbocycles. The maximum Gasteiger partial charge on any atom is 0.265 e. The van der Waals surface area contributed by atoms with Gasteiger partial charge in [0.05, 0.1) is 12.2 Å². The summed E-state index contributed by atoms with van der Waals surface area (Å²) in [5, 5.41) is 8.89. The van der Waals surface area contributed by atoms with Gasteiger partial charge in [-0.3, -0.25) is 9.52 Å². The second kappa shape index (κ2) is 10.6. The van der Waals surface area contributed by atoms with E-state index in [1.54, 1.807) is 4.68 Å². The molecule has 2 aliphatic heterocycles. The molecule has 1 amide bonds. The van der Waals surface area contributed by atoms with Crippen LogP contribution in [0, 0.1) is 11.3 Å². The highest BCUT2D eigenvalue weighted by Crippen LogP contribution is 2.48. The minimum Gasteiger partial charge on any atom is -0.477 e. The van der Waals surface area contributed by atoms with E-state index >= 15 is 0 Å². The van der Waals surface area contributed by atoms with Crippen LogP contribution in [0.25, 0.3) is 5.82 Å². The highest BCUT2D eigenvalue weighted by molar-refractivity contribution is 7.97. The topological polar surface area (TPSA) is 97.2 Å². The molecule has 10 heteroatoms. The number of aromatic nitrogens is 4. The number of hydrogen-bond donors (Lipinski definition) is 2. The van der Waals surface area contributed by atoms with Gasteiger partial charge in [0.1, 0.15) is 16.7 Å². The van der Waals surface area contributed by atoms with Crippen LogP contribution in [0.4, 0.5) is 11.6 Å². The number of carbonyl (C=O) groups is 1. The molecule has 0 aromatic carbocycles. The summed E-state index contributed by atoms with van der Waals surface area (Å²) in [4.78, 5) is 25.6. The van der Waals surface area contributed by atoms with E-state index in [0.29, 0.717) is 47.1 Å². The molecule has 0 spiro atoms. The first kappa shape index (κ1) is 26.9. The molecule has 212 valence electrons. The predicted octanol–water partition coefficient (Wildman–Crippen LogP) is 5.87. The van der Waals surface area contributed by atoms with Gasteiger partial charge in [0.2, 0.25) is 5.88 Å². The number of hydrogen-bond acceptors (Lipinski definition) is 8. The summed E-state index contributed by atoms with van der Waals surface area (Å²) in [6.45, 7) is 10.5. The molecule has 3 aromatic heterocycles. The van der Waals surface area contributed by atoms with E-state index in [0.717, 1.165) is 43.1 Å². The third-order valence-corrected chi connectivity index (χ3v) is 9.28. The normalized spacial score (nSPS) is 23.3. The Balaban J connectivity index is 1.30. The first-order chi connectivity index (χ1) is 19.2. The van der Waals surface area contributed by atoms with Gasteiger partial charge in [-0.1, -0.05) is 13.0 Å². The van der Waals surface area contributed by atoms with Gasteiger partial charge in [0.25, 0.3) is 5.91 Å². The number of amides is 1. The molecule has 3 aromatic rings. The second-order valence-corrected chi connectivity index (χ2v) is 13.4. The van der Waals surface area contributed by atoms with Crippen LogP contribution in [0.1, 0.15) is 76.6 Å². The molecule has 4 bridgehead atoms. The van der Waals surface area contributed by atoms with Crippen molar-refractivity contribution in [3.05, 3.63) is 48.2 Å². The van der Waals surface area contributed by atoms with E-state index in [2.05, 4.69) is 52.7 Å². The Morgan fingerprint density at radius 1 is 1.10 bits per heavy atom. The molecule has 40 heavy (non-hydrogen) atoms. The molecule has 0 radical (unpaired) electrons. The fourth-order valence-corrected chi connectivity index (χ4v) is 6.39. The molecule has 5 heterocycles. The lowest BCUT2D eigenvalue weighted by atomic mass is 9.92. The molecule has 1 aliphatic carbocycles. The highest BCUT2D eigenvalue weighted by Gasteiger charge is 2.41. The molecular weight excluding hydrogens is 522 g/mol. The molecule has 2 unspecified atom stereocenters. The van der Waals surface area contributed by atoms with Crippen molar-refractivity contribution in [1.82, 2.24) is 24.5 Å². The molecule has 2 fully saturated rings. The molecule has 2 N–H and O–H groups in total. The van der Waals surface area contributed by atoms with Crippen molar-refractivity contribution in [2.75, 3.05) is 23.4 Å². The number of ether oxygens (including phenoxy) is 1. The van der Waals surface area contributed by atoms with Gasteiger partial charge in [0, 0.05) is 42.3 Å². The lowest BCUT2D eigenvalue weighted by molar-refractivity contribution is 0.0984. The zero-order valence-corrected chi connectivity index (χ0v) is 24.6. The van der Waals surface area contributed by atoms with Crippen molar-refractivity contribution in [3.63, 3.8) is 0 Å². The van der Waals surface area contributed by atoms with Crippen LogP contribution in [-0.4, -0.2) is 50.4 Å². The molecular formula is C30H39N7O2S. The van der Waals surface area contributed by atoms with Gasteiger partial charge in [0.15, 0.2) is 5.82 Å². The Morgan fingerprint density at radius 3 is 2.77 bits per heavy atom. The van der Waals surface area contributed by atoms with E-state index < -0.39 is 0 Å². The van der Waals surface area contributed by atoms with Crippen LogP contribution < -0.4 is 19.7 Å². The predicted molar refractivity (Wildman–Crippen MR) is 158 cm³/mol. The molecule has 1 saturated heterocycles. The van der Waals surface area contributed by atoms with Crippen molar-refractivity contribution in [3.8, 4) is 11.7 Å². The summed E-state index contributed by atoms with van der Waals surface area (Å²) in [6, 6.07) is 11.7. The van der Waals surface area contributed by atoms with Crippen LogP contribution in [0.3, 0.4) is 0 Å². The van der Waals surface area contributed by atoms with Gasteiger partial charge >= 0.3 is 0 Å². The average molecular weight is 562 g/mol. The van der Waals surface area contributed by atoms with E-state index in [1.807, 2.05) is 42.6 Å². The molecule has 2 atom stereocenters. The lowest BCUT2D eigenvalue weighted by Crippen LogP contribution is -2.40. The average Bonchev–Trinajstić information content (AvgIpc) is 3.33. The van der Waals surface area contributed by atoms with Crippen LogP contribution in [-0.2, 0) is 0 Å². The number of nitrogens with zero attached hydrogens (tertiary/aromatic N) is 5. The van der Waals surface area contributed by atoms with Gasteiger partial charge in [-0.2, -0.15) is 0 Å². The van der Waals surface area contributed by atoms with Crippen molar-refractivity contribution >= 4 is 29.5 Å². The summed E-state index contributed by atoms with van der Waals surface area (Å²) in [5.74, 6) is 3.07. The van der Waals surface area contributed by atoms with Crippen molar-refractivity contribution in [2.45, 2.75) is 82.8 Å². The Morgan fingerprint density at radius 2 is 1.95 bits per heavy atom. The van der Waals surface area contributed by atoms with Crippen LogP contribution >= 0.6 is 11.9 Å². The number of pyridine rings is 2. The van der Waals surface area contributed by atoms with Crippen LogP contribution in [0.2, 0.25) is 0 Å². The third-order valence-electron chi connectivity index (χ3n) is 8.55. The molecule has 3 aliphatic rings. The summed E-state index contributed by atoms with van der Waals surface area (Å²) in [6.07, 6.45) is 8.64. The monoisotopic (exact) mass is 561 g/mol. The Hall–Kier alpha value is -3.27. The minimum absolute atomic E-state index is 0.143. The van der Waals surface area contributed by atoms with Gasteiger partial charge in [-0.05, 0) is 94.9 Å². The highest BCUT2D eigenvalue weighted by atomic mass is 32.2. The summed E-state index contributed by atoms with van der Waals surface area (Å²) >= 11 is 1.22. The smallest absolute Gasteiger partial charge is 0.265 e. The largest absolute Gasteiger partial charge is 0.477 e. The van der Waals surface area contributed by atoms with Gasteiger partial charge in [-0.15, -0.1) is 5.10 Å². The number of anilines is 2. The summed E-state index contributed by atoms with van der Waals surface area (Å²) in [5.41, 5.74) is 0.845. The van der Waals surface area contributed by atoms with Crippen molar-refractivity contribution < 1.29 is 9.53 Å². The van der Waals surface area contributed by atoms with Crippen molar-refractivity contribution in [2.24, 2.45) is 11.3 Å². The Labute approximate surface area is 240 Å². The maximum absolute atomic E-state index is 13.5. The van der Waals surface area contributed by atoms with E-state index in [9.17, 15) is 4.79 Å². The first-order valence-electron chi connectivity index (χ1n) is 14.4. The number of rotatable bonds is 5. The van der Waals surface area contributed by atoms with E-state index in [4.69, 9.17) is 9.72 Å². The van der Waals surface area contributed by atoms with Crippen LogP contribution in [0.15, 0.2) is 47.6 Å².